The van der Waals surface area contributed by atoms with Gasteiger partial charge in [-0.2, -0.15) is 0 Å². The van der Waals surface area contributed by atoms with Crippen LogP contribution in [-0.2, 0) is 9.53 Å². The summed E-state index contributed by atoms with van der Waals surface area (Å²) in [6, 6.07) is 13.3. The summed E-state index contributed by atoms with van der Waals surface area (Å²) in [5.41, 5.74) is 2.96. The molecule has 1 atom stereocenters. The number of carbonyl (C=O) groups is 2. The van der Waals surface area contributed by atoms with E-state index < -0.39 is 5.97 Å². The fraction of sp³-hybridized carbons (Fsp3) is 0.263. The van der Waals surface area contributed by atoms with Crippen LogP contribution in [0.4, 0.5) is 5.69 Å². The molecule has 4 nitrogen and oxygen atoms in total. The Morgan fingerprint density at radius 1 is 1.08 bits per heavy atom. The Kier molecular flexibility index (Phi) is 6.04. The van der Waals surface area contributed by atoms with Crippen molar-refractivity contribution in [3.8, 4) is 0 Å². The van der Waals surface area contributed by atoms with E-state index in [1.54, 1.807) is 25.1 Å². The topological polar surface area (TPSA) is 55.4 Å². The molecule has 0 saturated carbocycles. The lowest BCUT2D eigenvalue weighted by molar-refractivity contribution is -0.115. The number of aryl methyl sites for hydroxylation is 1. The summed E-state index contributed by atoms with van der Waals surface area (Å²) < 4.78 is 4.76. The molecule has 0 spiro atoms. The Morgan fingerprint density at radius 3 is 2.38 bits per heavy atom. The largest absolute Gasteiger partial charge is 0.465 e. The quantitative estimate of drug-likeness (QED) is 0.653. The fourth-order valence-corrected chi connectivity index (χ4v) is 3.08. The molecule has 0 aliphatic heterocycles. The number of esters is 1. The van der Waals surface area contributed by atoms with Gasteiger partial charge < -0.3 is 10.1 Å². The van der Waals surface area contributed by atoms with Crippen molar-refractivity contribution in [2.45, 2.75) is 30.9 Å². The molecular weight excluding hydrogens is 322 g/mol. The summed E-state index contributed by atoms with van der Waals surface area (Å²) in [5, 5.41) is 2.64. The fourth-order valence-electron chi connectivity index (χ4n) is 2.21. The number of carbonyl (C=O) groups excluding carboxylic acids is 2. The van der Waals surface area contributed by atoms with Crippen molar-refractivity contribution in [1.29, 1.82) is 0 Å². The molecule has 1 N–H and O–H groups in total. The zero-order valence-electron chi connectivity index (χ0n) is 14.3. The Labute approximate surface area is 146 Å². The van der Waals surface area contributed by atoms with Crippen LogP contribution in [0.3, 0.4) is 0 Å². The van der Waals surface area contributed by atoms with Crippen LogP contribution in [0.25, 0.3) is 0 Å². The molecule has 0 radical (unpaired) electrons. The number of benzene rings is 2. The van der Waals surface area contributed by atoms with Crippen LogP contribution in [0.2, 0.25) is 0 Å². The second-order valence-electron chi connectivity index (χ2n) is 5.53. The van der Waals surface area contributed by atoms with Crippen LogP contribution in [0, 0.1) is 13.8 Å². The first-order chi connectivity index (χ1) is 11.4. The minimum Gasteiger partial charge on any atom is -0.465 e. The van der Waals surface area contributed by atoms with Crippen molar-refractivity contribution in [3.05, 3.63) is 59.2 Å². The lowest BCUT2D eigenvalue weighted by Crippen LogP contribution is -2.23. The standard InChI is InChI=1S/C19H21NO3S/c1-12-8-10-15(11-9-12)24-14(3)18(21)20-17-7-5-6-16(13(17)2)19(22)23-4/h5-11,14H,1-4H3,(H,20,21)/t14-/m1/s1. The molecule has 0 fully saturated rings. The highest BCUT2D eigenvalue weighted by atomic mass is 32.2. The van der Waals surface area contributed by atoms with Gasteiger partial charge in [0.2, 0.25) is 5.91 Å². The molecule has 5 heteroatoms. The second kappa shape index (κ2) is 8.02. The Balaban J connectivity index is 2.08. The summed E-state index contributed by atoms with van der Waals surface area (Å²) in [6.07, 6.45) is 0. The van der Waals surface area contributed by atoms with E-state index >= 15 is 0 Å². The first kappa shape index (κ1) is 18.1. The van der Waals surface area contributed by atoms with Crippen LogP contribution < -0.4 is 5.32 Å². The molecule has 2 aromatic rings. The number of anilines is 1. The number of nitrogens with one attached hydrogen (secondary N) is 1. The summed E-state index contributed by atoms with van der Waals surface area (Å²) in [7, 11) is 1.34. The number of hydrogen-bond acceptors (Lipinski definition) is 4. The predicted octanol–water partition coefficient (Wildman–Crippen LogP) is 4.21. The molecule has 24 heavy (non-hydrogen) atoms. The number of thioether (sulfide) groups is 1. The highest BCUT2D eigenvalue weighted by Gasteiger charge is 2.17. The van der Waals surface area contributed by atoms with Crippen LogP contribution in [0.5, 0.6) is 0 Å². The average Bonchev–Trinajstić information content (AvgIpc) is 2.58. The molecule has 0 saturated heterocycles. The zero-order chi connectivity index (χ0) is 17.7. The van der Waals surface area contributed by atoms with Gasteiger partial charge in [-0.25, -0.2) is 4.79 Å². The Morgan fingerprint density at radius 2 is 1.75 bits per heavy atom. The van der Waals surface area contributed by atoms with E-state index in [1.807, 2.05) is 38.1 Å². The van der Waals surface area contributed by atoms with E-state index in [4.69, 9.17) is 4.74 Å². The number of hydrogen-bond donors (Lipinski definition) is 1. The lowest BCUT2D eigenvalue weighted by atomic mass is 10.1. The minimum absolute atomic E-state index is 0.106. The molecule has 0 aromatic heterocycles. The van der Waals surface area contributed by atoms with Gasteiger partial charge in [0.15, 0.2) is 0 Å². The third-order valence-electron chi connectivity index (χ3n) is 3.70. The van der Waals surface area contributed by atoms with Gasteiger partial charge in [0.1, 0.15) is 0 Å². The maximum absolute atomic E-state index is 12.4. The summed E-state index contributed by atoms with van der Waals surface area (Å²) in [5.74, 6) is -0.517. The van der Waals surface area contributed by atoms with Gasteiger partial charge in [0, 0.05) is 10.6 Å². The minimum atomic E-state index is -0.411. The SMILES string of the molecule is COC(=O)c1cccc(NC(=O)[C@@H](C)Sc2ccc(C)cc2)c1C. The monoisotopic (exact) mass is 343 g/mol. The zero-order valence-corrected chi connectivity index (χ0v) is 15.1. The Bertz CT molecular complexity index is 741. The summed E-state index contributed by atoms with van der Waals surface area (Å²) in [4.78, 5) is 25.2. The van der Waals surface area contributed by atoms with Crippen molar-refractivity contribution < 1.29 is 14.3 Å². The van der Waals surface area contributed by atoms with E-state index in [-0.39, 0.29) is 11.2 Å². The van der Waals surface area contributed by atoms with Crippen molar-refractivity contribution in [3.63, 3.8) is 0 Å². The first-order valence-electron chi connectivity index (χ1n) is 7.64. The molecule has 2 rings (SSSR count). The van der Waals surface area contributed by atoms with Crippen molar-refractivity contribution in [2.24, 2.45) is 0 Å². The normalized spacial score (nSPS) is 11.7. The maximum atomic E-state index is 12.4. The van der Waals surface area contributed by atoms with E-state index in [1.165, 1.54) is 24.4 Å². The van der Waals surface area contributed by atoms with Gasteiger partial charge in [-0.15, -0.1) is 11.8 Å². The number of methoxy groups -OCH3 is 1. The van der Waals surface area contributed by atoms with E-state index in [0.29, 0.717) is 16.8 Å². The third-order valence-corrected chi connectivity index (χ3v) is 4.81. The van der Waals surface area contributed by atoms with Crippen molar-refractivity contribution >= 4 is 29.3 Å². The molecule has 0 bridgehead atoms. The average molecular weight is 343 g/mol. The Hall–Kier alpha value is -2.27. The highest BCUT2D eigenvalue weighted by molar-refractivity contribution is 8.00. The maximum Gasteiger partial charge on any atom is 0.338 e. The molecule has 0 aliphatic rings. The number of rotatable bonds is 5. The molecule has 0 aliphatic carbocycles. The van der Waals surface area contributed by atoms with Crippen LogP contribution in [-0.4, -0.2) is 24.2 Å². The van der Waals surface area contributed by atoms with E-state index in [2.05, 4.69) is 5.32 Å². The van der Waals surface area contributed by atoms with Crippen LogP contribution >= 0.6 is 11.8 Å². The molecular formula is C19H21NO3S. The van der Waals surface area contributed by atoms with Gasteiger partial charge in [-0.3, -0.25) is 4.79 Å². The van der Waals surface area contributed by atoms with Gasteiger partial charge in [-0.05, 0) is 50.6 Å². The van der Waals surface area contributed by atoms with Crippen molar-refractivity contribution in [1.82, 2.24) is 0 Å². The molecule has 126 valence electrons. The van der Waals surface area contributed by atoms with Crippen LogP contribution in [0.15, 0.2) is 47.4 Å². The third kappa shape index (κ3) is 4.38. The van der Waals surface area contributed by atoms with Gasteiger partial charge in [0.25, 0.3) is 0 Å². The predicted molar refractivity (Wildman–Crippen MR) is 97.6 cm³/mol. The molecule has 1 amide bonds. The summed E-state index contributed by atoms with van der Waals surface area (Å²) in [6.45, 7) is 5.68. The first-order valence-corrected chi connectivity index (χ1v) is 8.52. The lowest BCUT2D eigenvalue weighted by Gasteiger charge is -2.15. The van der Waals surface area contributed by atoms with Gasteiger partial charge >= 0.3 is 5.97 Å². The van der Waals surface area contributed by atoms with Crippen molar-refractivity contribution in [2.75, 3.05) is 12.4 Å². The van der Waals surface area contributed by atoms with Crippen LogP contribution in [0.1, 0.15) is 28.4 Å². The van der Waals surface area contributed by atoms with Gasteiger partial charge in [0.05, 0.1) is 17.9 Å². The number of ether oxygens (including phenoxy) is 1. The molecule has 0 heterocycles. The second-order valence-corrected chi connectivity index (χ2v) is 6.95. The number of amides is 1. The summed E-state index contributed by atoms with van der Waals surface area (Å²) >= 11 is 1.50. The van der Waals surface area contributed by atoms with Gasteiger partial charge in [-0.1, -0.05) is 23.8 Å². The highest BCUT2D eigenvalue weighted by Crippen LogP contribution is 2.26. The van der Waals surface area contributed by atoms with E-state index in [9.17, 15) is 9.59 Å². The molecule has 2 aromatic carbocycles. The smallest absolute Gasteiger partial charge is 0.338 e. The molecule has 0 unspecified atom stereocenters. The van der Waals surface area contributed by atoms with E-state index in [0.717, 1.165) is 4.90 Å².